The summed E-state index contributed by atoms with van der Waals surface area (Å²) >= 11 is 0. The number of H-pyrrole nitrogens is 1. The zero-order valence-corrected chi connectivity index (χ0v) is 14.1. The van der Waals surface area contributed by atoms with Gasteiger partial charge in [-0.15, -0.1) is 0 Å². The van der Waals surface area contributed by atoms with Gasteiger partial charge < -0.3 is 21.1 Å². The zero-order valence-electron chi connectivity index (χ0n) is 14.1. The Hall–Kier alpha value is -3.35. The molecule has 4 rings (SSSR count). The van der Waals surface area contributed by atoms with Crippen LogP contribution in [0.1, 0.15) is 56.1 Å². The number of aromatic carboxylic acids is 1. The number of aryl methyl sites for hydroxylation is 1. The van der Waals surface area contributed by atoms with Gasteiger partial charge in [-0.1, -0.05) is 0 Å². The fraction of sp³-hybridized carbons (Fsp3) is 0.211. The topological polar surface area (TPSA) is 125 Å². The van der Waals surface area contributed by atoms with Gasteiger partial charge in [0.1, 0.15) is 0 Å². The number of fused-ring (bicyclic) bond motifs is 2. The number of anilines is 1. The first-order valence-electron chi connectivity index (χ1n) is 8.32. The van der Waals surface area contributed by atoms with Crippen molar-refractivity contribution in [1.29, 1.82) is 0 Å². The molecule has 0 spiro atoms. The number of rotatable bonds is 2. The number of primary amides is 1. The van der Waals surface area contributed by atoms with E-state index < -0.39 is 11.9 Å². The summed E-state index contributed by atoms with van der Waals surface area (Å²) in [5.74, 6) is -1.80. The maximum Gasteiger partial charge on any atom is 0.335 e. The third-order valence-corrected chi connectivity index (χ3v) is 5.01. The van der Waals surface area contributed by atoms with Crippen molar-refractivity contribution in [3.63, 3.8) is 0 Å². The van der Waals surface area contributed by atoms with E-state index in [2.05, 4.69) is 10.3 Å². The molecule has 2 heterocycles. The summed E-state index contributed by atoms with van der Waals surface area (Å²) in [5.41, 5.74) is 10.8. The van der Waals surface area contributed by atoms with Crippen molar-refractivity contribution in [2.24, 2.45) is 5.73 Å². The molecular formula is C19H17N3O4. The second-order valence-electron chi connectivity index (χ2n) is 6.57. The lowest BCUT2D eigenvalue weighted by molar-refractivity contribution is -0.110. The van der Waals surface area contributed by atoms with Crippen molar-refractivity contribution in [3.05, 3.63) is 51.8 Å². The first-order chi connectivity index (χ1) is 12.4. The molecule has 0 saturated heterocycles. The number of allylic oxidation sites excluding steroid dienone is 1. The predicted octanol–water partition coefficient (Wildman–Crippen LogP) is 2.32. The first kappa shape index (κ1) is 16.1. The number of carbonyl (C=O) groups is 3. The summed E-state index contributed by atoms with van der Waals surface area (Å²) in [6.07, 6.45) is 2.15. The molecule has 1 aliphatic heterocycles. The SMILES string of the molecule is Cc1[nH]c2c(c1C(N)=O)CCC/C2=C1/C(=O)Nc2ccc(C(=O)O)cc21. The van der Waals surface area contributed by atoms with Gasteiger partial charge >= 0.3 is 5.97 Å². The van der Waals surface area contributed by atoms with Crippen LogP contribution in [0.2, 0.25) is 0 Å². The van der Waals surface area contributed by atoms with Crippen molar-refractivity contribution in [1.82, 2.24) is 4.98 Å². The molecular weight excluding hydrogens is 334 g/mol. The third-order valence-electron chi connectivity index (χ3n) is 5.01. The average molecular weight is 351 g/mol. The Kier molecular flexibility index (Phi) is 3.47. The van der Waals surface area contributed by atoms with E-state index in [-0.39, 0.29) is 11.5 Å². The summed E-state index contributed by atoms with van der Waals surface area (Å²) in [7, 11) is 0. The highest BCUT2D eigenvalue weighted by atomic mass is 16.4. The van der Waals surface area contributed by atoms with E-state index in [9.17, 15) is 19.5 Å². The number of carbonyl (C=O) groups excluding carboxylic acids is 2. The van der Waals surface area contributed by atoms with Crippen LogP contribution in [-0.2, 0) is 11.2 Å². The summed E-state index contributed by atoms with van der Waals surface area (Å²) in [4.78, 5) is 38.9. The van der Waals surface area contributed by atoms with Gasteiger partial charge in [0.15, 0.2) is 0 Å². The van der Waals surface area contributed by atoms with Crippen molar-refractivity contribution in [2.75, 3.05) is 5.32 Å². The third kappa shape index (κ3) is 2.24. The molecule has 0 fully saturated rings. The Morgan fingerprint density at radius 1 is 1.23 bits per heavy atom. The second kappa shape index (κ2) is 5.59. The molecule has 5 N–H and O–H groups in total. The molecule has 0 bridgehead atoms. The van der Waals surface area contributed by atoms with Crippen LogP contribution in [0, 0.1) is 6.92 Å². The standard InChI is InChI=1S/C19H17N3O4/c1-8-14(17(20)23)10-3-2-4-11(16(10)21-8)15-12-7-9(19(25)26)5-6-13(12)22-18(15)24/h5-7,21H,2-4H2,1H3,(H2,20,23)(H,22,24)(H,25,26)/b15-11-. The summed E-state index contributed by atoms with van der Waals surface area (Å²) in [6, 6.07) is 4.57. The predicted molar refractivity (Wildman–Crippen MR) is 95.8 cm³/mol. The minimum absolute atomic E-state index is 0.120. The second-order valence-corrected chi connectivity index (χ2v) is 6.57. The zero-order chi connectivity index (χ0) is 18.6. The van der Waals surface area contributed by atoms with Crippen LogP contribution in [0.4, 0.5) is 5.69 Å². The Balaban J connectivity index is 1.97. The van der Waals surface area contributed by atoms with Crippen LogP contribution >= 0.6 is 0 Å². The number of benzene rings is 1. The Morgan fingerprint density at radius 2 is 2.00 bits per heavy atom. The van der Waals surface area contributed by atoms with Gasteiger partial charge in [0, 0.05) is 22.6 Å². The molecule has 0 radical (unpaired) electrons. The fourth-order valence-electron chi connectivity index (χ4n) is 3.93. The van der Waals surface area contributed by atoms with Crippen molar-refractivity contribution in [2.45, 2.75) is 26.2 Å². The van der Waals surface area contributed by atoms with Crippen molar-refractivity contribution in [3.8, 4) is 0 Å². The molecule has 1 aromatic carbocycles. The monoisotopic (exact) mass is 351 g/mol. The molecule has 7 nitrogen and oxygen atoms in total. The van der Waals surface area contributed by atoms with Gasteiger partial charge in [0.2, 0.25) is 0 Å². The highest BCUT2D eigenvalue weighted by Gasteiger charge is 2.33. The highest BCUT2D eigenvalue weighted by Crippen LogP contribution is 2.43. The van der Waals surface area contributed by atoms with E-state index in [0.29, 0.717) is 40.9 Å². The molecule has 1 aromatic heterocycles. The highest BCUT2D eigenvalue weighted by molar-refractivity contribution is 6.37. The van der Waals surface area contributed by atoms with E-state index in [1.165, 1.54) is 12.1 Å². The summed E-state index contributed by atoms with van der Waals surface area (Å²) in [6.45, 7) is 1.78. The summed E-state index contributed by atoms with van der Waals surface area (Å²) in [5, 5.41) is 12.0. The van der Waals surface area contributed by atoms with E-state index in [4.69, 9.17) is 5.73 Å². The smallest absolute Gasteiger partial charge is 0.335 e. The molecule has 2 aromatic rings. The Bertz CT molecular complexity index is 1030. The largest absolute Gasteiger partial charge is 0.478 e. The fourth-order valence-corrected chi connectivity index (χ4v) is 3.93. The molecule has 0 saturated carbocycles. The van der Waals surface area contributed by atoms with Crippen LogP contribution in [0.5, 0.6) is 0 Å². The first-order valence-corrected chi connectivity index (χ1v) is 8.32. The molecule has 26 heavy (non-hydrogen) atoms. The maximum absolute atomic E-state index is 12.6. The molecule has 0 unspecified atom stereocenters. The lowest BCUT2D eigenvalue weighted by atomic mass is 9.85. The maximum atomic E-state index is 12.6. The average Bonchev–Trinajstić information content (AvgIpc) is 3.09. The quantitative estimate of drug-likeness (QED) is 0.620. The number of amides is 2. The summed E-state index contributed by atoms with van der Waals surface area (Å²) < 4.78 is 0. The lowest BCUT2D eigenvalue weighted by Crippen LogP contribution is -2.15. The van der Waals surface area contributed by atoms with Gasteiger partial charge in [0.05, 0.1) is 16.7 Å². The van der Waals surface area contributed by atoms with Gasteiger partial charge in [-0.2, -0.15) is 0 Å². The number of hydrogen-bond acceptors (Lipinski definition) is 3. The molecule has 1 aliphatic carbocycles. The van der Waals surface area contributed by atoms with Crippen LogP contribution in [0.15, 0.2) is 18.2 Å². The molecule has 2 amide bonds. The Morgan fingerprint density at radius 3 is 2.69 bits per heavy atom. The normalized spacial score (nSPS) is 18.3. The molecule has 7 heteroatoms. The number of nitrogens with two attached hydrogens (primary N) is 1. The van der Waals surface area contributed by atoms with Crippen LogP contribution in [0.3, 0.4) is 0 Å². The van der Waals surface area contributed by atoms with Crippen LogP contribution in [0.25, 0.3) is 11.1 Å². The number of hydrogen-bond donors (Lipinski definition) is 4. The molecule has 0 atom stereocenters. The van der Waals surface area contributed by atoms with E-state index in [0.717, 1.165) is 23.3 Å². The molecule has 2 aliphatic rings. The van der Waals surface area contributed by atoms with Crippen molar-refractivity contribution >= 4 is 34.6 Å². The van der Waals surface area contributed by atoms with E-state index in [1.807, 2.05) is 0 Å². The van der Waals surface area contributed by atoms with Gasteiger partial charge in [0.25, 0.3) is 11.8 Å². The number of nitrogens with one attached hydrogen (secondary N) is 2. The number of aromatic nitrogens is 1. The van der Waals surface area contributed by atoms with Crippen molar-refractivity contribution < 1.29 is 19.5 Å². The minimum Gasteiger partial charge on any atom is -0.478 e. The number of carboxylic acid groups (broad SMARTS) is 1. The van der Waals surface area contributed by atoms with E-state index >= 15 is 0 Å². The van der Waals surface area contributed by atoms with Crippen LogP contribution < -0.4 is 11.1 Å². The minimum atomic E-state index is -1.05. The number of aromatic amines is 1. The lowest BCUT2D eigenvalue weighted by Gasteiger charge is -2.18. The molecule has 132 valence electrons. The van der Waals surface area contributed by atoms with Gasteiger partial charge in [-0.3, -0.25) is 9.59 Å². The van der Waals surface area contributed by atoms with Gasteiger partial charge in [-0.05, 0) is 55.5 Å². The Labute approximate surface area is 148 Å². The van der Waals surface area contributed by atoms with Gasteiger partial charge in [-0.25, -0.2) is 4.79 Å². The number of carboxylic acids is 1. The van der Waals surface area contributed by atoms with Crippen LogP contribution in [-0.4, -0.2) is 27.9 Å². The van der Waals surface area contributed by atoms with E-state index in [1.54, 1.807) is 13.0 Å².